The predicted molar refractivity (Wildman–Crippen MR) is 72.5 cm³/mol. The van der Waals surface area contributed by atoms with Crippen molar-refractivity contribution in [2.75, 3.05) is 14.1 Å². The molecule has 2 saturated carbocycles. The summed E-state index contributed by atoms with van der Waals surface area (Å²) in [7, 11) is 4.40. The first-order valence-corrected chi connectivity index (χ1v) is 7.49. The Hall–Kier alpha value is -0.570. The van der Waals surface area contributed by atoms with E-state index in [0.29, 0.717) is 6.04 Å². The summed E-state index contributed by atoms with van der Waals surface area (Å²) < 4.78 is 0. The van der Waals surface area contributed by atoms with E-state index in [1.165, 1.54) is 25.7 Å². The third-order valence-electron chi connectivity index (χ3n) is 5.08. The molecule has 0 amide bonds. The van der Waals surface area contributed by atoms with Crippen molar-refractivity contribution in [2.24, 2.45) is 17.8 Å². The monoisotopic (exact) mass is 253 g/mol. The second kappa shape index (κ2) is 6.05. The Kier molecular flexibility index (Phi) is 4.66. The maximum absolute atomic E-state index is 11.0. The van der Waals surface area contributed by atoms with Crippen molar-refractivity contribution in [1.29, 1.82) is 0 Å². The van der Waals surface area contributed by atoms with E-state index in [9.17, 15) is 4.79 Å². The topological polar surface area (TPSA) is 40.5 Å². The lowest BCUT2D eigenvalue weighted by Gasteiger charge is -2.40. The summed E-state index contributed by atoms with van der Waals surface area (Å²) in [6, 6.07) is 0.683. The number of hydrogen-bond donors (Lipinski definition) is 1. The smallest absolute Gasteiger partial charge is 0.306 e. The van der Waals surface area contributed by atoms with Gasteiger partial charge in [0, 0.05) is 6.04 Å². The third kappa shape index (κ3) is 3.05. The van der Waals surface area contributed by atoms with Crippen LogP contribution in [0.15, 0.2) is 0 Å². The van der Waals surface area contributed by atoms with E-state index < -0.39 is 5.97 Å². The normalized spacial score (nSPS) is 31.7. The molecule has 1 N–H and O–H groups in total. The van der Waals surface area contributed by atoms with Crippen molar-refractivity contribution in [3.05, 3.63) is 0 Å². The molecule has 1 unspecified atom stereocenters. The SMILES string of the molecule is CN(C)C(C1CCCC1)C1CCC(C(=O)O)CC1. The molecule has 0 aromatic rings. The second-order valence-electron chi connectivity index (χ2n) is 6.45. The van der Waals surface area contributed by atoms with E-state index in [2.05, 4.69) is 19.0 Å². The summed E-state index contributed by atoms with van der Waals surface area (Å²) >= 11 is 0. The fourth-order valence-corrected chi connectivity index (χ4v) is 4.23. The van der Waals surface area contributed by atoms with Gasteiger partial charge in [-0.15, -0.1) is 0 Å². The molecule has 2 aliphatic carbocycles. The number of carbonyl (C=O) groups is 1. The van der Waals surface area contributed by atoms with Crippen LogP contribution in [0.25, 0.3) is 0 Å². The minimum atomic E-state index is -0.587. The van der Waals surface area contributed by atoms with Crippen molar-refractivity contribution >= 4 is 5.97 Å². The van der Waals surface area contributed by atoms with Gasteiger partial charge in [0.25, 0.3) is 0 Å². The van der Waals surface area contributed by atoms with Gasteiger partial charge in [0.1, 0.15) is 0 Å². The van der Waals surface area contributed by atoms with Crippen molar-refractivity contribution in [1.82, 2.24) is 4.90 Å². The molecule has 0 aliphatic heterocycles. The molecule has 18 heavy (non-hydrogen) atoms. The largest absolute Gasteiger partial charge is 0.481 e. The number of hydrogen-bond acceptors (Lipinski definition) is 2. The maximum atomic E-state index is 11.0. The van der Waals surface area contributed by atoms with E-state index in [1.54, 1.807) is 0 Å². The molecule has 0 aromatic carbocycles. The maximum Gasteiger partial charge on any atom is 0.306 e. The van der Waals surface area contributed by atoms with Crippen LogP contribution >= 0.6 is 0 Å². The number of carboxylic acids is 1. The molecule has 1 atom stereocenters. The summed E-state index contributed by atoms with van der Waals surface area (Å²) in [6.07, 6.45) is 9.52. The minimum absolute atomic E-state index is 0.0763. The lowest BCUT2D eigenvalue weighted by Crippen LogP contribution is -2.42. The Morgan fingerprint density at radius 2 is 1.50 bits per heavy atom. The highest BCUT2D eigenvalue weighted by molar-refractivity contribution is 5.69. The zero-order valence-electron chi connectivity index (χ0n) is 11.8. The molecule has 0 aromatic heterocycles. The Morgan fingerprint density at radius 3 is 1.94 bits per heavy atom. The molecular formula is C15H27NO2. The highest BCUT2D eigenvalue weighted by atomic mass is 16.4. The van der Waals surface area contributed by atoms with Gasteiger partial charge in [-0.25, -0.2) is 0 Å². The molecule has 3 nitrogen and oxygen atoms in total. The zero-order valence-corrected chi connectivity index (χ0v) is 11.8. The minimum Gasteiger partial charge on any atom is -0.481 e. The van der Waals surface area contributed by atoms with Crippen molar-refractivity contribution in [2.45, 2.75) is 57.4 Å². The van der Waals surface area contributed by atoms with Crippen molar-refractivity contribution < 1.29 is 9.90 Å². The van der Waals surface area contributed by atoms with Gasteiger partial charge in [-0.2, -0.15) is 0 Å². The molecule has 2 fully saturated rings. The predicted octanol–water partition coefficient (Wildman–Crippen LogP) is 3.00. The van der Waals surface area contributed by atoms with Gasteiger partial charge in [-0.3, -0.25) is 4.79 Å². The van der Waals surface area contributed by atoms with Gasteiger partial charge >= 0.3 is 5.97 Å². The number of nitrogens with zero attached hydrogens (tertiary/aromatic N) is 1. The molecule has 0 heterocycles. The summed E-state index contributed by atoms with van der Waals surface area (Å²) in [6.45, 7) is 0. The Morgan fingerprint density at radius 1 is 1.00 bits per heavy atom. The van der Waals surface area contributed by atoms with Crippen LogP contribution in [0.1, 0.15) is 51.4 Å². The van der Waals surface area contributed by atoms with E-state index in [-0.39, 0.29) is 5.92 Å². The number of aliphatic carboxylic acids is 1. The first-order valence-electron chi connectivity index (χ1n) is 7.49. The van der Waals surface area contributed by atoms with Crippen LogP contribution in [0, 0.1) is 17.8 Å². The molecule has 2 aliphatic rings. The molecule has 0 spiro atoms. The summed E-state index contributed by atoms with van der Waals surface area (Å²) in [4.78, 5) is 13.4. The van der Waals surface area contributed by atoms with Crippen LogP contribution in [0.5, 0.6) is 0 Å². The molecule has 2 rings (SSSR count). The van der Waals surface area contributed by atoms with Crippen LogP contribution in [0.4, 0.5) is 0 Å². The van der Waals surface area contributed by atoms with Crippen LogP contribution in [0.3, 0.4) is 0 Å². The number of rotatable bonds is 4. The highest BCUT2D eigenvalue weighted by Gasteiger charge is 2.36. The lowest BCUT2D eigenvalue weighted by atomic mass is 9.74. The average Bonchev–Trinajstić information content (AvgIpc) is 2.83. The fourth-order valence-electron chi connectivity index (χ4n) is 4.23. The summed E-state index contributed by atoms with van der Waals surface area (Å²) in [5.41, 5.74) is 0. The number of carboxylic acid groups (broad SMARTS) is 1. The Balaban J connectivity index is 1.94. The molecule has 0 radical (unpaired) electrons. The standard InChI is InChI=1S/C15H27NO2/c1-16(2)14(11-5-3-4-6-11)12-7-9-13(10-8-12)15(17)18/h11-14H,3-10H2,1-2H3,(H,17,18). The molecule has 3 heteroatoms. The van der Waals surface area contributed by atoms with Gasteiger partial charge in [0.15, 0.2) is 0 Å². The first-order chi connectivity index (χ1) is 8.59. The van der Waals surface area contributed by atoms with Gasteiger partial charge in [-0.1, -0.05) is 12.8 Å². The first kappa shape index (κ1) is 13.9. The molecule has 104 valence electrons. The average molecular weight is 253 g/mol. The zero-order chi connectivity index (χ0) is 13.1. The van der Waals surface area contributed by atoms with Gasteiger partial charge < -0.3 is 10.0 Å². The Bertz CT molecular complexity index is 276. The van der Waals surface area contributed by atoms with Crippen LogP contribution in [-0.4, -0.2) is 36.1 Å². The van der Waals surface area contributed by atoms with Crippen LogP contribution in [-0.2, 0) is 4.79 Å². The van der Waals surface area contributed by atoms with Crippen molar-refractivity contribution in [3.8, 4) is 0 Å². The van der Waals surface area contributed by atoms with E-state index >= 15 is 0 Å². The molecule has 0 bridgehead atoms. The lowest BCUT2D eigenvalue weighted by molar-refractivity contribution is -0.143. The second-order valence-corrected chi connectivity index (χ2v) is 6.45. The van der Waals surface area contributed by atoms with E-state index in [4.69, 9.17) is 5.11 Å². The Labute approximate surface area is 111 Å². The van der Waals surface area contributed by atoms with Crippen LogP contribution in [0.2, 0.25) is 0 Å². The molecular weight excluding hydrogens is 226 g/mol. The van der Waals surface area contributed by atoms with Gasteiger partial charge in [0.2, 0.25) is 0 Å². The quantitative estimate of drug-likeness (QED) is 0.837. The van der Waals surface area contributed by atoms with E-state index in [1.807, 2.05) is 0 Å². The highest BCUT2D eigenvalue weighted by Crippen LogP contribution is 2.39. The van der Waals surface area contributed by atoms with Crippen molar-refractivity contribution in [3.63, 3.8) is 0 Å². The van der Waals surface area contributed by atoms with Gasteiger partial charge in [0.05, 0.1) is 5.92 Å². The summed E-state index contributed by atoms with van der Waals surface area (Å²) in [5.74, 6) is 0.911. The van der Waals surface area contributed by atoms with Crippen LogP contribution < -0.4 is 0 Å². The fraction of sp³-hybridized carbons (Fsp3) is 0.933. The summed E-state index contributed by atoms with van der Waals surface area (Å²) in [5, 5.41) is 9.07. The van der Waals surface area contributed by atoms with E-state index in [0.717, 1.165) is 37.5 Å². The molecule has 0 saturated heterocycles. The van der Waals surface area contributed by atoms with Gasteiger partial charge in [-0.05, 0) is 64.5 Å². The third-order valence-corrected chi connectivity index (χ3v) is 5.08.